The molecule has 1 fully saturated rings. The van der Waals surface area contributed by atoms with E-state index in [0.717, 1.165) is 6.54 Å². The SMILES string of the molecule is CCNc1nc(NC2CCCCC2)nc(-n2cccn2)n1. The smallest absolute Gasteiger partial charge is 0.257 e. The molecule has 2 aromatic rings. The van der Waals surface area contributed by atoms with E-state index >= 15 is 0 Å². The fourth-order valence-corrected chi connectivity index (χ4v) is 2.59. The Kier molecular flexibility index (Phi) is 4.28. The molecule has 1 aliphatic rings. The van der Waals surface area contributed by atoms with Crippen molar-refractivity contribution in [2.45, 2.75) is 45.1 Å². The maximum Gasteiger partial charge on any atom is 0.257 e. The third-order valence-electron chi connectivity index (χ3n) is 3.61. The van der Waals surface area contributed by atoms with Crippen LogP contribution in [0.3, 0.4) is 0 Å². The highest BCUT2D eigenvalue weighted by Crippen LogP contribution is 2.20. The van der Waals surface area contributed by atoms with Gasteiger partial charge in [-0.3, -0.25) is 0 Å². The molecular formula is C14H21N7. The van der Waals surface area contributed by atoms with Gasteiger partial charge >= 0.3 is 0 Å². The Morgan fingerprint density at radius 2 is 1.95 bits per heavy atom. The summed E-state index contributed by atoms with van der Waals surface area (Å²) in [5.74, 6) is 1.74. The lowest BCUT2D eigenvalue weighted by molar-refractivity contribution is 0.460. The van der Waals surface area contributed by atoms with Gasteiger partial charge in [-0.1, -0.05) is 19.3 Å². The van der Waals surface area contributed by atoms with Crippen LogP contribution in [0.5, 0.6) is 0 Å². The summed E-state index contributed by atoms with van der Waals surface area (Å²) >= 11 is 0. The lowest BCUT2D eigenvalue weighted by atomic mass is 9.96. The summed E-state index contributed by atoms with van der Waals surface area (Å²) in [6.07, 6.45) is 9.78. The van der Waals surface area contributed by atoms with Crippen LogP contribution in [0, 0.1) is 0 Å². The molecule has 2 heterocycles. The van der Waals surface area contributed by atoms with Crippen molar-refractivity contribution in [1.82, 2.24) is 24.7 Å². The minimum atomic E-state index is 0.459. The molecule has 1 aliphatic carbocycles. The van der Waals surface area contributed by atoms with Gasteiger partial charge in [0.2, 0.25) is 11.9 Å². The van der Waals surface area contributed by atoms with E-state index in [1.807, 2.05) is 19.2 Å². The maximum absolute atomic E-state index is 4.48. The Balaban J connectivity index is 1.84. The van der Waals surface area contributed by atoms with Crippen LogP contribution < -0.4 is 10.6 Å². The predicted molar refractivity (Wildman–Crippen MR) is 81.6 cm³/mol. The Bertz CT molecular complexity index is 561. The lowest BCUT2D eigenvalue weighted by Gasteiger charge is -2.22. The molecule has 0 spiro atoms. The van der Waals surface area contributed by atoms with Crippen molar-refractivity contribution in [3.05, 3.63) is 18.5 Å². The van der Waals surface area contributed by atoms with Crippen LogP contribution in [0.25, 0.3) is 5.95 Å². The van der Waals surface area contributed by atoms with Gasteiger partial charge in [0.15, 0.2) is 0 Å². The number of rotatable bonds is 5. The van der Waals surface area contributed by atoms with Crippen LogP contribution in [-0.2, 0) is 0 Å². The van der Waals surface area contributed by atoms with Gasteiger partial charge in [0.1, 0.15) is 0 Å². The second-order valence-corrected chi connectivity index (χ2v) is 5.24. The van der Waals surface area contributed by atoms with Crippen LogP contribution in [0.4, 0.5) is 11.9 Å². The van der Waals surface area contributed by atoms with Crippen molar-refractivity contribution in [2.75, 3.05) is 17.2 Å². The van der Waals surface area contributed by atoms with Gasteiger partial charge < -0.3 is 10.6 Å². The van der Waals surface area contributed by atoms with E-state index in [-0.39, 0.29) is 0 Å². The van der Waals surface area contributed by atoms with E-state index in [4.69, 9.17) is 0 Å². The first-order valence-electron chi connectivity index (χ1n) is 7.61. The van der Waals surface area contributed by atoms with Gasteiger partial charge in [-0.2, -0.15) is 20.1 Å². The number of aromatic nitrogens is 5. The second-order valence-electron chi connectivity index (χ2n) is 5.24. The highest BCUT2D eigenvalue weighted by Gasteiger charge is 2.16. The predicted octanol–water partition coefficient (Wildman–Crippen LogP) is 2.23. The Hall–Kier alpha value is -2.18. The number of nitrogens with one attached hydrogen (secondary N) is 2. The van der Waals surface area contributed by atoms with E-state index in [1.165, 1.54) is 32.1 Å². The van der Waals surface area contributed by atoms with Crippen LogP contribution in [0.1, 0.15) is 39.0 Å². The van der Waals surface area contributed by atoms with Crippen molar-refractivity contribution in [3.8, 4) is 5.95 Å². The lowest BCUT2D eigenvalue weighted by Crippen LogP contribution is -2.24. The number of anilines is 2. The van der Waals surface area contributed by atoms with Gasteiger partial charge in [-0.05, 0) is 25.8 Å². The van der Waals surface area contributed by atoms with Crippen LogP contribution in [0.15, 0.2) is 18.5 Å². The van der Waals surface area contributed by atoms with Crippen molar-refractivity contribution < 1.29 is 0 Å². The van der Waals surface area contributed by atoms with Crippen LogP contribution >= 0.6 is 0 Å². The first kappa shape index (κ1) is 13.8. The summed E-state index contributed by atoms with van der Waals surface area (Å²) in [6.45, 7) is 2.79. The largest absolute Gasteiger partial charge is 0.354 e. The highest BCUT2D eigenvalue weighted by molar-refractivity contribution is 5.38. The fraction of sp³-hybridized carbons (Fsp3) is 0.571. The van der Waals surface area contributed by atoms with Crippen LogP contribution in [-0.4, -0.2) is 37.3 Å². The Morgan fingerprint density at radius 3 is 2.67 bits per heavy atom. The van der Waals surface area contributed by atoms with Gasteiger partial charge in [-0.25, -0.2) is 4.68 Å². The van der Waals surface area contributed by atoms with Gasteiger partial charge in [-0.15, -0.1) is 0 Å². The molecule has 0 unspecified atom stereocenters. The monoisotopic (exact) mass is 287 g/mol. The molecule has 7 heteroatoms. The number of nitrogens with zero attached hydrogens (tertiary/aromatic N) is 5. The number of hydrogen-bond acceptors (Lipinski definition) is 6. The van der Waals surface area contributed by atoms with Gasteiger partial charge in [0.25, 0.3) is 5.95 Å². The number of hydrogen-bond donors (Lipinski definition) is 2. The zero-order valence-electron chi connectivity index (χ0n) is 12.3. The highest BCUT2D eigenvalue weighted by atomic mass is 15.4. The van der Waals surface area contributed by atoms with Crippen molar-refractivity contribution in [2.24, 2.45) is 0 Å². The molecule has 7 nitrogen and oxygen atoms in total. The first-order chi connectivity index (χ1) is 10.3. The summed E-state index contributed by atoms with van der Waals surface area (Å²) in [6, 6.07) is 2.31. The first-order valence-corrected chi connectivity index (χ1v) is 7.61. The average Bonchev–Trinajstić information content (AvgIpc) is 3.03. The van der Waals surface area contributed by atoms with Gasteiger partial charge in [0.05, 0.1) is 0 Å². The molecule has 2 N–H and O–H groups in total. The summed E-state index contributed by atoms with van der Waals surface area (Å²) in [7, 11) is 0. The van der Waals surface area contributed by atoms with Crippen molar-refractivity contribution >= 4 is 11.9 Å². The Labute approximate surface area is 124 Å². The fourth-order valence-electron chi connectivity index (χ4n) is 2.59. The topological polar surface area (TPSA) is 80.5 Å². The quantitative estimate of drug-likeness (QED) is 0.877. The molecular weight excluding hydrogens is 266 g/mol. The zero-order chi connectivity index (χ0) is 14.5. The van der Waals surface area contributed by atoms with Crippen LogP contribution in [0.2, 0.25) is 0 Å². The molecule has 0 radical (unpaired) electrons. The summed E-state index contributed by atoms with van der Waals surface area (Å²) in [4.78, 5) is 13.3. The third kappa shape index (κ3) is 3.48. The second kappa shape index (κ2) is 6.51. The summed E-state index contributed by atoms with van der Waals surface area (Å²) < 4.78 is 1.65. The summed E-state index contributed by atoms with van der Waals surface area (Å²) in [5.41, 5.74) is 0. The van der Waals surface area contributed by atoms with E-state index in [2.05, 4.69) is 30.7 Å². The summed E-state index contributed by atoms with van der Waals surface area (Å²) in [5, 5.41) is 10.8. The zero-order valence-corrected chi connectivity index (χ0v) is 12.3. The minimum Gasteiger partial charge on any atom is -0.354 e. The van der Waals surface area contributed by atoms with E-state index in [0.29, 0.717) is 23.9 Å². The molecule has 0 bridgehead atoms. The van der Waals surface area contributed by atoms with Crippen molar-refractivity contribution in [3.63, 3.8) is 0 Å². The molecule has 0 atom stereocenters. The van der Waals surface area contributed by atoms with E-state index in [1.54, 1.807) is 10.9 Å². The van der Waals surface area contributed by atoms with Gasteiger partial charge in [0, 0.05) is 25.0 Å². The molecule has 2 aromatic heterocycles. The Morgan fingerprint density at radius 1 is 1.14 bits per heavy atom. The molecule has 0 saturated heterocycles. The third-order valence-corrected chi connectivity index (χ3v) is 3.61. The standard InChI is InChI=1S/C14H21N7/c1-2-15-12-18-13(17-11-7-4-3-5-8-11)20-14(19-12)21-10-6-9-16-21/h6,9-11H,2-5,7-8H2,1H3,(H2,15,17,18,19,20). The van der Waals surface area contributed by atoms with E-state index < -0.39 is 0 Å². The normalized spacial score (nSPS) is 15.9. The molecule has 1 saturated carbocycles. The van der Waals surface area contributed by atoms with Crippen molar-refractivity contribution in [1.29, 1.82) is 0 Å². The molecule has 3 rings (SSSR count). The molecule has 112 valence electrons. The molecule has 0 aromatic carbocycles. The average molecular weight is 287 g/mol. The minimum absolute atomic E-state index is 0.459. The molecule has 0 aliphatic heterocycles. The molecule has 21 heavy (non-hydrogen) atoms. The molecule has 0 amide bonds. The maximum atomic E-state index is 4.48. The van der Waals surface area contributed by atoms with E-state index in [9.17, 15) is 0 Å².